The Morgan fingerprint density at radius 1 is 1.21 bits per heavy atom. The maximum Gasteiger partial charge on any atom is 0.337 e. The van der Waals surface area contributed by atoms with Gasteiger partial charge in [-0.1, -0.05) is 30.3 Å². The fraction of sp³-hybridized carbons (Fsp3) is 0.0714. The summed E-state index contributed by atoms with van der Waals surface area (Å²) in [7, 11) is 0. The molecule has 2 aromatic rings. The van der Waals surface area contributed by atoms with E-state index in [1.807, 2.05) is 30.3 Å². The van der Waals surface area contributed by atoms with Crippen LogP contribution in [-0.2, 0) is 6.61 Å². The number of ether oxygens (including phenoxy) is 1. The number of benzene rings is 2. The molecular formula is C14H13NO4. The molecule has 0 fully saturated rings. The van der Waals surface area contributed by atoms with Gasteiger partial charge in [0.1, 0.15) is 6.61 Å². The van der Waals surface area contributed by atoms with Crippen molar-refractivity contribution in [3.8, 4) is 11.5 Å². The summed E-state index contributed by atoms with van der Waals surface area (Å²) in [5.41, 5.74) is 6.32. The molecule has 0 aromatic heterocycles. The van der Waals surface area contributed by atoms with Crippen molar-refractivity contribution < 1.29 is 19.7 Å². The predicted molar refractivity (Wildman–Crippen MR) is 70.3 cm³/mol. The Balaban J connectivity index is 2.21. The lowest BCUT2D eigenvalue weighted by Gasteiger charge is -2.10. The Morgan fingerprint density at radius 3 is 2.53 bits per heavy atom. The average molecular weight is 259 g/mol. The quantitative estimate of drug-likeness (QED) is 0.732. The SMILES string of the molecule is Nc1cc(O)c(OCc2ccccc2)cc1C(=O)O. The van der Waals surface area contributed by atoms with Gasteiger partial charge in [-0.3, -0.25) is 0 Å². The van der Waals surface area contributed by atoms with E-state index in [0.29, 0.717) is 0 Å². The fourth-order valence-corrected chi connectivity index (χ4v) is 1.62. The van der Waals surface area contributed by atoms with Gasteiger partial charge < -0.3 is 20.7 Å². The third-order valence-corrected chi connectivity index (χ3v) is 2.60. The van der Waals surface area contributed by atoms with Crippen LogP contribution in [0.5, 0.6) is 11.5 Å². The first-order valence-electron chi connectivity index (χ1n) is 5.60. The van der Waals surface area contributed by atoms with E-state index in [-0.39, 0.29) is 29.4 Å². The fourth-order valence-electron chi connectivity index (χ4n) is 1.62. The van der Waals surface area contributed by atoms with Gasteiger partial charge >= 0.3 is 5.97 Å². The zero-order chi connectivity index (χ0) is 13.8. The second-order valence-electron chi connectivity index (χ2n) is 3.99. The lowest BCUT2D eigenvalue weighted by molar-refractivity contribution is 0.0697. The average Bonchev–Trinajstić information content (AvgIpc) is 2.38. The number of rotatable bonds is 4. The molecule has 0 aliphatic carbocycles. The summed E-state index contributed by atoms with van der Waals surface area (Å²) in [4.78, 5) is 10.9. The number of carbonyl (C=O) groups is 1. The van der Waals surface area contributed by atoms with E-state index < -0.39 is 5.97 Å². The number of nitrogens with two attached hydrogens (primary N) is 1. The standard InChI is InChI=1S/C14H13NO4/c15-11-7-12(16)13(6-10(11)14(17)18)19-8-9-4-2-1-3-5-9/h1-7,16H,8,15H2,(H,17,18). The summed E-state index contributed by atoms with van der Waals surface area (Å²) in [6, 6.07) is 11.7. The van der Waals surface area contributed by atoms with Crippen molar-refractivity contribution in [3.63, 3.8) is 0 Å². The zero-order valence-electron chi connectivity index (χ0n) is 10.0. The van der Waals surface area contributed by atoms with Gasteiger partial charge in [-0.25, -0.2) is 4.79 Å². The van der Waals surface area contributed by atoms with Crippen LogP contribution in [0.15, 0.2) is 42.5 Å². The molecule has 2 rings (SSSR count). The van der Waals surface area contributed by atoms with Gasteiger partial charge in [0, 0.05) is 12.1 Å². The molecule has 5 nitrogen and oxygen atoms in total. The molecule has 5 heteroatoms. The molecule has 0 aliphatic rings. The molecular weight excluding hydrogens is 246 g/mol. The van der Waals surface area contributed by atoms with E-state index in [1.165, 1.54) is 12.1 Å². The number of nitrogen functional groups attached to an aromatic ring is 1. The maximum atomic E-state index is 10.9. The summed E-state index contributed by atoms with van der Waals surface area (Å²) in [5, 5.41) is 18.6. The summed E-state index contributed by atoms with van der Waals surface area (Å²) >= 11 is 0. The van der Waals surface area contributed by atoms with Gasteiger partial charge in [-0.15, -0.1) is 0 Å². The van der Waals surface area contributed by atoms with Crippen LogP contribution < -0.4 is 10.5 Å². The monoisotopic (exact) mass is 259 g/mol. The third kappa shape index (κ3) is 2.95. The first-order valence-corrected chi connectivity index (χ1v) is 5.60. The van der Waals surface area contributed by atoms with Crippen molar-refractivity contribution in [2.45, 2.75) is 6.61 Å². The number of phenolic OH excluding ortho intramolecular Hbond substituents is 1. The van der Waals surface area contributed by atoms with Crippen LogP contribution in [-0.4, -0.2) is 16.2 Å². The molecule has 0 spiro atoms. The van der Waals surface area contributed by atoms with Gasteiger partial charge in [0.25, 0.3) is 0 Å². The van der Waals surface area contributed by atoms with E-state index in [0.717, 1.165) is 5.56 Å². The molecule has 4 N–H and O–H groups in total. The number of aromatic hydroxyl groups is 1. The first kappa shape index (κ1) is 12.8. The molecule has 0 amide bonds. The highest BCUT2D eigenvalue weighted by Crippen LogP contribution is 2.31. The summed E-state index contributed by atoms with van der Waals surface area (Å²) in [6.07, 6.45) is 0. The minimum atomic E-state index is -1.16. The molecule has 0 bridgehead atoms. The number of hydrogen-bond acceptors (Lipinski definition) is 4. The smallest absolute Gasteiger partial charge is 0.337 e. The van der Waals surface area contributed by atoms with Crippen LogP contribution in [0, 0.1) is 0 Å². The Bertz CT molecular complexity index is 596. The van der Waals surface area contributed by atoms with Crippen molar-refractivity contribution in [3.05, 3.63) is 53.6 Å². The third-order valence-electron chi connectivity index (χ3n) is 2.60. The van der Waals surface area contributed by atoms with Gasteiger partial charge in [-0.05, 0) is 5.56 Å². The number of hydrogen-bond donors (Lipinski definition) is 3. The number of carboxylic acid groups (broad SMARTS) is 1. The molecule has 0 atom stereocenters. The minimum Gasteiger partial charge on any atom is -0.504 e. The van der Waals surface area contributed by atoms with Crippen LogP contribution in [0.2, 0.25) is 0 Å². The minimum absolute atomic E-state index is 0.00272. The van der Waals surface area contributed by atoms with Crippen molar-refractivity contribution in [2.75, 3.05) is 5.73 Å². The maximum absolute atomic E-state index is 10.9. The summed E-state index contributed by atoms with van der Waals surface area (Å²) < 4.78 is 5.40. The van der Waals surface area contributed by atoms with Crippen LogP contribution in [0.3, 0.4) is 0 Å². The van der Waals surface area contributed by atoms with E-state index in [9.17, 15) is 9.90 Å². The second kappa shape index (κ2) is 5.30. The van der Waals surface area contributed by atoms with Crippen molar-refractivity contribution >= 4 is 11.7 Å². The highest BCUT2D eigenvalue weighted by atomic mass is 16.5. The Kier molecular flexibility index (Phi) is 3.56. The normalized spacial score (nSPS) is 10.1. The van der Waals surface area contributed by atoms with Crippen LogP contribution in [0.4, 0.5) is 5.69 Å². The predicted octanol–water partition coefficient (Wildman–Crippen LogP) is 2.25. The molecule has 19 heavy (non-hydrogen) atoms. The molecule has 2 aromatic carbocycles. The van der Waals surface area contributed by atoms with E-state index in [4.69, 9.17) is 15.6 Å². The Morgan fingerprint density at radius 2 is 1.89 bits per heavy atom. The Hall–Kier alpha value is -2.69. The largest absolute Gasteiger partial charge is 0.504 e. The molecule has 0 unspecified atom stereocenters. The number of carboxylic acids is 1. The number of aromatic carboxylic acids is 1. The highest BCUT2D eigenvalue weighted by molar-refractivity contribution is 5.94. The zero-order valence-corrected chi connectivity index (χ0v) is 10.0. The van der Waals surface area contributed by atoms with Crippen molar-refractivity contribution in [1.29, 1.82) is 0 Å². The molecule has 98 valence electrons. The molecule has 0 saturated heterocycles. The lowest BCUT2D eigenvalue weighted by atomic mass is 10.1. The van der Waals surface area contributed by atoms with E-state index in [1.54, 1.807) is 0 Å². The molecule has 0 radical (unpaired) electrons. The lowest BCUT2D eigenvalue weighted by Crippen LogP contribution is -2.04. The van der Waals surface area contributed by atoms with Gasteiger partial charge in [0.15, 0.2) is 11.5 Å². The highest BCUT2D eigenvalue weighted by Gasteiger charge is 2.13. The molecule has 0 aliphatic heterocycles. The van der Waals surface area contributed by atoms with Gasteiger partial charge in [-0.2, -0.15) is 0 Å². The van der Waals surface area contributed by atoms with Crippen LogP contribution in [0.25, 0.3) is 0 Å². The number of anilines is 1. The molecule has 0 saturated carbocycles. The van der Waals surface area contributed by atoms with E-state index >= 15 is 0 Å². The van der Waals surface area contributed by atoms with Crippen LogP contribution in [0.1, 0.15) is 15.9 Å². The Labute approximate surface area is 109 Å². The van der Waals surface area contributed by atoms with Crippen molar-refractivity contribution in [1.82, 2.24) is 0 Å². The summed E-state index contributed by atoms with van der Waals surface area (Å²) in [6.45, 7) is 0.234. The number of phenols is 1. The second-order valence-corrected chi connectivity index (χ2v) is 3.99. The van der Waals surface area contributed by atoms with Crippen LogP contribution >= 0.6 is 0 Å². The topological polar surface area (TPSA) is 92.8 Å². The summed E-state index contributed by atoms with van der Waals surface area (Å²) in [5.74, 6) is -1.25. The van der Waals surface area contributed by atoms with Crippen molar-refractivity contribution in [2.24, 2.45) is 0 Å². The first-order chi connectivity index (χ1) is 9.08. The van der Waals surface area contributed by atoms with E-state index in [2.05, 4.69) is 0 Å². The molecule has 0 heterocycles. The van der Waals surface area contributed by atoms with Gasteiger partial charge in [0.05, 0.1) is 11.3 Å². The van der Waals surface area contributed by atoms with Gasteiger partial charge in [0.2, 0.25) is 0 Å².